The third-order valence-electron chi connectivity index (χ3n) is 5.73. The third-order valence-corrected chi connectivity index (χ3v) is 5.73. The van der Waals surface area contributed by atoms with Gasteiger partial charge in [0.05, 0.1) is 11.4 Å². The quantitative estimate of drug-likeness (QED) is 0.477. The number of benzene rings is 2. The van der Waals surface area contributed by atoms with Gasteiger partial charge in [-0.1, -0.05) is 48.0 Å². The molecule has 2 fully saturated rings. The van der Waals surface area contributed by atoms with E-state index in [2.05, 4.69) is 71.3 Å². The van der Waals surface area contributed by atoms with Crippen LogP contribution in [0.5, 0.6) is 0 Å². The van der Waals surface area contributed by atoms with Crippen LogP contribution in [0.25, 0.3) is 0 Å². The molecule has 3 aromatic rings. The molecule has 5 nitrogen and oxygen atoms in total. The number of hydrogen-bond donors (Lipinski definition) is 0. The summed E-state index contributed by atoms with van der Waals surface area (Å²) in [6.45, 7) is 2.11. The fraction of sp³-hybridized carbons (Fsp3) is 0.107. The van der Waals surface area contributed by atoms with Crippen LogP contribution < -0.4 is 5.01 Å². The van der Waals surface area contributed by atoms with Gasteiger partial charge >= 0.3 is 17.1 Å². The number of nitrogens with zero attached hydrogens (tertiary/aromatic N) is 5. The molecule has 0 amide bonds. The van der Waals surface area contributed by atoms with Gasteiger partial charge in [0.15, 0.2) is 0 Å². The van der Waals surface area contributed by atoms with E-state index in [9.17, 15) is 0 Å². The number of para-hydroxylation sites is 1. The number of hydrazone groups is 1. The summed E-state index contributed by atoms with van der Waals surface area (Å²) in [5.41, 5.74) is 4.48. The second-order valence-electron chi connectivity index (χ2n) is 7.98. The van der Waals surface area contributed by atoms with Gasteiger partial charge < -0.3 is 0 Å². The molecule has 3 aliphatic rings. The average Bonchev–Trinajstić information content (AvgIpc) is 3.66. The van der Waals surface area contributed by atoms with Gasteiger partial charge in [-0.25, -0.2) is 9.67 Å². The van der Waals surface area contributed by atoms with Crippen LogP contribution >= 0.6 is 0 Å². The molecule has 0 unspecified atom stereocenters. The summed E-state index contributed by atoms with van der Waals surface area (Å²) in [4.78, 5) is 4.20. The Morgan fingerprint density at radius 2 is 1.38 bits per heavy atom. The average molecular weight is 487 g/mol. The minimum absolute atomic E-state index is 0. The van der Waals surface area contributed by atoms with Gasteiger partial charge in [-0.15, -0.1) is 0 Å². The van der Waals surface area contributed by atoms with Gasteiger partial charge in [-0.05, 0) is 82.4 Å². The van der Waals surface area contributed by atoms with Crippen LogP contribution in [0.15, 0.2) is 72.4 Å². The number of anilines is 1. The normalized spacial score (nSPS) is 22.1. The first-order valence-corrected chi connectivity index (χ1v) is 11.0. The van der Waals surface area contributed by atoms with Crippen molar-refractivity contribution in [3.05, 3.63) is 142 Å². The van der Waals surface area contributed by atoms with Crippen molar-refractivity contribution in [3.8, 4) is 0 Å². The van der Waals surface area contributed by atoms with Crippen molar-refractivity contribution in [2.24, 2.45) is 5.10 Å². The van der Waals surface area contributed by atoms with E-state index in [1.165, 1.54) is 11.1 Å². The Hall–Kier alpha value is -2.43. The molecule has 168 valence electrons. The molecule has 2 aromatic carbocycles. The molecule has 0 bridgehead atoms. The summed E-state index contributed by atoms with van der Waals surface area (Å²) in [6.07, 6.45) is 21.6. The molecular formula is C28H25FeN5+2. The Morgan fingerprint density at radius 3 is 1.97 bits per heavy atom. The van der Waals surface area contributed by atoms with Crippen molar-refractivity contribution >= 4 is 11.4 Å². The molecule has 2 saturated carbocycles. The molecule has 2 heterocycles. The van der Waals surface area contributed by atoms with E-state index in [4.69, 9.17) is 5.10 Å². The molecule has 1 aliphatic heterocycles. The standard InChI is InChI=1S/C23H20N5.C5H5.Fe/c1-17-11-13-19(14-12-17)22-23(27-16-24-15-25-27)21(18-7-5-6-8-18)26-28(22)20-9-3-2-4-10-20;1-2-4-5-3-1;/h2-16,22-23H,1H3;1-5H;/q;;+2/t22-,23+;;/m0../s1. The van der Waals surface area contributed by atoms with Gasteiger partial charge in [0, 0.05) is 5.92 Å². The first-order valence-electron chi connectivity index (χ1n) is 11.0. The van der Waals surface area contributed by atoms with Crippen LogP contribution in [0, 0.1) is 70.6 Å². The Balaban J connectivity index is 0.000000407. The molecule has 2 aliphatic carbocycles. The Labute approximate surface area is 214 Å². The molecule has 6 heteroatoms. The summed E-state index contributed by atoms with van der Waals surface area (Å²) in [7, 11) is 0. The van der Waals surface area contributed by atoms with E-state index < -0.39 is 0 Å². The van der Waals surface area contributed by atoms with Gasteiger partial charge in [-0.2, -0.15) is 10.2 Å². The van der Waals surface area contributed by atoms with Crippen LogP contribution in [0.2, 0.25) is 0 Å². The number of aryl methyl sites for hydroxylation is 1. The van der Waals surface area contributed by atoms with Gasteiger partial charge in [0.1, 0.15) is 24.7 Å². The Bertz CT molecular complexity index is 1010. The topological polar surface area (TPSA) is 46.3 Å². The summed E-state index contributed by atoms with van der Waals surface area (Å²) in [6, 6.07) is 18.9. The Kier molecular flexibility index (Phi) is 8.58. The smallest absolute Gasteiger partial charge is 0.255 e. The molecule has 0 N–H and O–H groups in total. The largest absolute Gasteiger partial charge is 2.00 e. The predicted molar refractivity (Wildman–Crippen MR) is 131 cm³/mol. The van der Waals surface area contributed by atoms with Crippen LogP contribution in [-0.2, 0) is 17.1 Å². The van der Waals surface area contributed by atoms with Crippen molar-refractivity contribution in [1.29, 1.82) is 0 Å². The zero-order valence-electron chi connectivity index (χ0n) is 18.8. The summed E-state index contributed by atoms with van der Waals surface area (Å²) < 4.78 is 1.92. The maximum Gasteiger partial charge on any atom is 2.00 e. The van der Waals surface area contributed by atoms with E-state index in [0.29, 0.717) is 0 Å². The van der Waals surface area contributed by atoms with Crippen LogP contribution in [0.3, 0.4) is 0 Å². The minimum Gasteiger partial charge on any atom is -0.255 e. The van der Waals surface area contributed by atoms with E-state index in [1.807, 2.05) is 67.8 Å². The van der Waals surface area contributed by atoms with Crippen LogP contribution in [-0.4, -0.2) is 20.5 Å². The fourth-order valence-corrected chi connectivity index (χ4v) is 4.13. The summed E-state index contributed by atoms with van der Waals surface area (Å²) in [5.74, 6) is 1.11. The minimum atomic E-state index is -0.0761. The molecule has 6 rings (SSSR count). The molecular weight excluding hydrogens is 462 g/mol. The SMILES string of the molecule is Cc1ccc([C@H]2[C@H](n3cncn3)C([C]3[CH][CH][CH][CH]3)=NN2c2ccccc2)cc1.[CH]1[CH][CH][CH][CH]1.[Fe+2]. The molecule has 0 saturated heterocycles. The third kappa shape index (κ3) is 5.45. The van der Waals surface area contributed by atoms with Crippen LogP contribution in [0.1, 0.15) is 23.2 Å². The van der Waals surface area contributed by atoms with Crippen molar-refractivity contribution in [2.45, 2.75) is 19.0 Å². The number of aromatic nitrogens is 3. The van der Waals surface area contributed by atoms with Gasteiger partial charge in [0.2, 0.25) is 0 Å². The second kappa shape index (κ2) is 11.8. The molecule has 1 aromatic heterocycles. The maximum absolute atomic E-state index is 5.08. The van der Waals surface area contributed by atoms with E-state index in [1.54, 1.807) is 12.7 Å². The summed E-state index contributed by atoms with van der Waals surface area (Å²) in [5, 5.41) is 11.7. The molecule has 34 heavy (non-hydrogen) atoms. The van der Waals surface area contributed by atoms with Crippen molar-refractivity contribution in [2.75, 3.05) is 5.01 Å². The van der Waals surface area contributed by atoms with Crippen molar-refractivity contribution in [3.63, 3.8) is 0 Å². The van der Waals surface area contributed by atoms with Gasteiger partial charge in [0.25, 0.3) is 0 Å². The molecule has 10 radical (unpaired) electrons. The van der Waals surface area contributed by atoms with Crippen molar-refractivity contribution in [1.82, 2.24) is 14.8 Å². The fourth-order valence-electron chi connectivity index (χ4n) is 4.13. The van der Waals surface area contributed by atoms with E-state index >= 15 is 0 Å². The Morgan fingerprint density at radius 1 is 0.735 bits per heavy atom. The predicted octanol–water partition coefficient (Wildman–Crippen LogP) is 5.17. The summed E-state index contributed by atoms with van der Waals surface area (Å²) >= 11 is 0. The molecule has 2 atom stereocenters. The molecule has 0 spiro atoms. The number of hydrogen-bond acceptors (Lipinski definition) is 4. The zero-order valence-corrected chi connectivity index (χ0v) is 19.9. The first kappa shape index (κ1) is 24.7. The second-order valence-corrected chi connectivity index (χ2v) is 7.98. The van der Waals surface area contributed by atoms with Crippen LogP contribution in [0.4, 0.5) is 5.69 Å². The zero-order chi connectivity index (χ0) is 22.5. The maximum atomic E-state index is 5.08. The van der Waals surface area contributed by atoms with Crippen molar-refractivity contribution < 1.29 is 17.1 Å². The van der Waals surface area contributed by atoms with Gasteiger partial charge in [-0.3, -0.25) is 5.01 Å². The first-order chi connectivity index (χ1) is 16.3. The van der Waals surface area contributed by atoms with E-state index in [0.717, 1.165) is 17.3 Å². The van der Waals surface area contributed by atoms with E-state index in [-0.39, 0.29) is 29.2 Å². The monoisotopic (exact) mass is 487 g/mol. The number of rotatable bonds is 4.